The molecule has 0 bridgehead atoms. The first kappa shape index (κ1) is 15.9. The van der Waals surface area contributed by atoms with Crippen molar-refractivity contribution in [1.82, 2.24) is 10.1 Å². The summed E-state index contributed by atoms with van der Waals surface area (Å²) in [6.45, 7) is 4.77. The molecule has 1 amide bonds. The number of aromatic nitrogens is 1. The fraction of sp³-hybridized carbons (Fsp3) is 0.412. The summed E-state index contributed by atoms with van der Waals surface area (Å²) in [5.41, 5.74) is 0.866. The monoisotopic (exact) mass is 345 g/mol. The Balaban J connectivity index is 1.39. The normalized spacial score (nSPS) is 17.3. The summed E-state index contributed by atoms with van der Waals surface area (Å²) < 4.78 is 21.6. The molecule has 0 radical (unpaired) electrons. The average Bonchev–Trinajstić information content (AvgIpc) is 3.11. The maximum atomic E-state index is 12.3. The van der Waals surface area contributed by atoms with Crippen molar-refractivity contribution in [2.75, 3.05) is 44.8 Å². The molecule has 0 aliphatic carbocycles. The Morgan fingerprint density at radius 1 is 1.08 bits per heavy atom. The van der Waals surface area contributed by atoms with Crippen LogP contribution in [0.1, 0.15) is 16.2 Å². The lowest BCUT2D eigenvalue weighted by molar-refractivity contribution is 0.0305. The predicted molar refractivity (Wildman–Crippen MR) is 88.0 cm³/mol. The molecule has 2 aliphatic heterocycles. The largest absolute Gasteiger partial charge is 0.486 e. The van der Waals surface area contributed by atoms with Gasteiger partial charge in [-0.2, -0.15) is 0 Å². The van der Waals surface area contributed by atoms with Crippen LogP contribution in [-0.4, -0.2) is 55.5 Å². The summed E-state index contributed by atoms with van der Waals surface area (Å²) in [4.78, 5) is 14.5. The number of fused-ring (bicyclic) bond motifs is 1. The van der Waals surface area contributed by atoms with Gasteiger partial charge in [-0.25, -0.2) is 0 Å². The van der Waals surface area contributed by atoms with E-state index in [-0.39, 0.29) is 11.6 Å². The van der Waals surface area contributed by atoms with Crippen molar-refractivity contribution in [3.05, 3.63) is 35.7 Å². The van der Waals surface area contributed by atoms with Crippen LogP contribution >= 0.6 is 0 Å². The molecule has 0 saturated carbocycles. The highest BCUT2D eigenvalue weighted by molar-refractivity contribution is 6.03. The SMILES string of the molecule is O=C(Nc1ccc2c(c1)OCCO2)c1cc(CN2CCOCC2)on1. The number of ether oxygens (including phenoxy) is 3. The van der Waals surface area contributed by atoms with Gasteiger partial charge in [0.1, 0.15) is 13.2 Å². The number of nitrogens with one attached hydrogen (secondary N) is 1. The van der Waals surface area contributed by atoms with Gasteiger partial charge in [0.15, 0.2) is 23.0 Å². The topological polar surface area (TPSA) is 86.1 Å². The average molecular weight is 345 g/mol. The molecule has 8 heteroatoms. The number of nitrogens with zero attached hydrogens (tertiary/aromatic N) is 2. The Hall–Kier alpha value is -2.58. The van der Waals surface area contributed by atoms with Crippen molar-refractivity contribution in [3.63, 3.8) is 0 Å². The van der Waals surface area contributed by atoms with E-state index in [0.29, 0.717) is 55.9 Å². The third-order valence-electron chi connectivity index (χ3n) is 4.07. The van der Waals surface area contributed by atoms with Gasteiger partial charge in [0.25, 0.3) is 5.91 Å². The third-order valence-corrected chi connectivity index (χ3v) is 4.07. The Morgan fingerprint density at radius 2 is 1.88 bits per heavy atom. The van der Waals surface area contributed by atoms with E-state index in [1.165, 1.54) is 0 Å². The number of morpholine rings is 1. The molecule has 2 aliphatic rings. The number of benzene rings is 1. The van der Waals surface area contributed by atoms with Gasteiger partial charge in [-0.1, -0.05) is 5.16 Å². The van der Waals surface area contributed by atoms with Crippen molar-refractivity contribution < 1.29 is 23.5 Å². The smallest absolute Gasteiger partial charge is 0.277 e. The summed E-state index contributed by atoms with van der Waals surface area (Å²) in [5.74, 6) is 1.64. The van der Waals surface area contributed by atoms with Gasteiger partial charge in [0, 0.05) is 30.9 Å². The minimum atomic E-state index is -0.325. The highest BCUT2D eigenvalue weighted by atomic mass is 16.6. The van der Waals surface area contributed by atoms with Crippen LogP contribution in [-0.2, 0) is 11.3 Å². The minimum Gasteiger partial charge on any atom is -0.486 e. The number of anilines is 1. The van der Waals surface area contributed by atoms with Crippen LogP contribution in [0.15, 0.2) is 28.8 Å². The molecular formula is C17H19N3O5. The zero-order valence-electron chi connectivity index (χ0n) is 13.7. The van der Waals surface area contributed by atoms with Crippen LogP contribution in [0.3, 0.4) is 0 Å². The summed E-state index contributed by atoms with van der Waals surface area (Å²) in [6, 6.07) is 6.95. The van der Waals surface area contributed by atoms with Crippen molar-refractivity contribution in [1.29, 1.82) is 0 Å². The fourth-order valence-corrected chi connectivity index (χ4v) is 2.79. The third kappa shape index (κ3) is 3.75. The molecule has 0 atom stereocenters. The van der Waals surface area contributed by atoms with E-state index >= 15 is 0 Å². The molecule has 1 aromatic heterocycles. The van der Waals surface area contributed by atoms with Crippen LogP contribution in [0.5, 0.6) is 11.5 Å². The second kappa shape index (κ2) is 7.12. The maximum Gasteiger partial charge on any atom is 0.277 e. The first-order valence-corrected chi connectivity index (χ1v) is 8.24. The summed E-state index contributed by atoms with van der Waals surface area (Å²) in [6.07, 6.45) is 0. The molecule has 0 spiro atoms. The van der Waals surface area contributed by atoms with Gasteiger partial charge in [-0.05, 0) is 12.1 Å². The molecule has 25 heavy (non-hydrogen) atoms. The molecule has 4 rings (SSSR count). The molecular weight excluding hydrogens is 326 g/mol. The van der Waals surface area contributed by atoms with E-state index < -0.39 is 0 Å². The molecule has 1 fully saturated rings. The second-order valence-corrected chi connectivity index (χ2v) is 5.88. The van der Waals surface area contributed by atoms with Crippen LogP contribution < -0.4 is 14.8 Å². The molecule has 1 aromatic carbocycles. The highest BCUT2D eigenvalue weighted by Crippen LogP contribution is 2.32. The van der Waals surface area contributed by atoms with Crippen molar-refractivity contribution in [2.45, 2.75) is 6.54 Å². The fourth-order valence-electron chi connectivity index (χ4n) is 2.79. The standard InChI is InChI=1S/C17H19N3O5/c21-17(18-12-1-2-15-16(9-12)24-8-7-23-15)14-10-13(25-19-14)11-20-3-5-22-6-4-20/h1-2,9-10H,3-8,11H2,(H,18,21). The summed E-state index contributed by atoms with van der Waals surface area (Å²) in [7, 11) is 0. The molecule has 132 valence electrons. The number of rotatable bonds is 4. The molecule has 2 aromatic rings. The number of hydrogen-bond acceptors (Lipinski definition) is 7. The summed E-state index contributed by atoms with van der Waals surface area (Å²) >= 11 is 0. The Kier molecular flexibility index (Phi) is 4.53. The lowest BCUT2D eigenvalue weighted by Gasteiger charge is -2.25. The number of amides is 1. The number of carbonyl (C=O) groups excluding carboxylic acids is 1. The zero-order chi connectivity index (χ0) is 17.1. The maximum absolute atomic E-state index is 12.3. The van der Waals surface area contributed by atoms with Gasteiger partial charge >= 0.3 is 0 Å². The second-order valence-electron chi connectivity index (χ2n) is 5.88. The molecule has 8 nitrogen and oxygen atoms in total. The molecule has 1 N–H and O–H groups in total. The lowest BCUT2D eigenvalue weighted by atomic mass is 10.2. The highest BCUT2D eigenvalue weighted by Gasteiger charge is 2.18. The van der Waals surface area contributed by atoms with E-state index in [1.54, 1.807) is 24.3 Å². The predicted octanol–water partition coefficient (Wildman–Crippen LogP) is 1.53. The first-order valence-electron chi connectivity index (χ1n) is 8.24. The van der Waals surface area contributed by atoms with Crippen LogP contribution in [0, 0.1) is 0 Å². The van der Waals surface area contributed by atoms with Crippen molar-refractivity contribution in [3.8, 4) is 11.5 Å². The van der Waals surface area contributed by atoms with E-state index in [2.05, 4.69) is 15.4 Å². The lowest BCUT2D eigenvalue weighted by Crippen LogP contribution is -2.35. The Labute approximate surface area is 144 Å². The van der Waals surface area contributed by atoms with Gasteiger partial charge < -0.3 is 24.1 Å². The van der Waals surface area contributed by atoms with E-state index in [0.717, 1.165) is 13.1 Å². The molecule has 3 heterocycles. The Morgan fingerprint density at radius 3 is 2.72 bits per heavy atom. The number of hydrogen-bond donors (Lipinski definition) is 1. The van der Waals surface area contributed by atoms with Gasteiger partial charge in [-0.15, -0.1) is 0 Å². The van der Waals surface area contributed by atoms with Crippen LogP contribution in [0.2, 0.25) is 0 Å². The number of carbonyl (C=O) groups is 1. The van der Waals surface area contributed by atoms with Crippen molar-refractivity contribution >= 4 is 11.6 Å². The summed E-state index contributed by atoms with van der Waals surface area (Å²) in [5, 5.41) is 6.66. The zero-order valence-corrected chi connectivity index (χ0v) is 13.7. The van der Waals surface area contributed by atoms with Gasteiger partial charge in [-0.3, -0.25) is 9.69 Å². The Bertz CT molecular complexity index is 754. The van der Waals surface area contributed by atoms with Crippen LogP contribution in [0.4, 0.5) is 5.69 Å². The molecule has 0 unspecified atom stereocenters. The van der Waals surface area contributed by atoms with Crippen LogP contribution in [0.25, 0.3) is 0 Å². The molecule has 1 saturated heterocycles. The van der Waals surface area contributed by atoms with E-state index in [1.807, 2.05) is 0 Å². The quantitative estimate of drug-likeness (QED) is 0.899. The van der Waals surface area contributed by atoms with Gasteiger partial charge in [0.05, 0.1) is 19.8 Å². The van der Waals surface area contributed by atoms with E-state index in [9.17, 15) is 4.79 Å². The first-order chi connectivity index (χ1) is 12.3. The minimum absolute atomic E-state index is 0.248. The van der Waals surface area contributed by atoms with E-state index in [4.69, 9.17) is 18.7 Å². The van der Waals surface area contributed by atoms with Gasteiger partial charge in [0.2, 0.25) is 0 Å². The van der Waals surface area contributed by atoms with Crippen molar-refractivity contribution in [2.24, 2.45) is 0 Å².